The van der Waals surface area contributed by atoms with E-state index in [1.165, 1.54) is 19.3 Å². The van der Waals surface area contributed by atoms with Gasteiger partial charge in [-0.25, -0.2) is 0 Å². The van der Waals surface area contributed by atoms with Crippen molar-refractivity contribution in [2.45, 2.75) is 80.1 Å². The minimum atomic E-state index is 0. The van der Waals surface area contributed by atoms with Crippen molar-refractivity contribution >= 4 is 0 Å². The van der Waals surface area contributed by atoms with Gasteiger partial charge in [0.25, 0.3) is 0 Å². The van der Waals surface area contributed by atoms with Crippen LogP contribution >= 0.6 is 0 Å². The van der Waals surface area contributed by atoms with Crippen molar-refractivity contribution in [1.29, 1.82) is 0 Å². The van der Waals surface area contributed by atoms with Crippen LogP contribution in [-0.4, -0.2) is 5.48 Å². The summed E-state index contributed by atoms with van der Waals surface area (Å²) in [5, 5.41) is 0. The molecule has 1 radical (unpaired) electrons. The molecule has 0 aromatic rings. The fourth-order valence-electron chi connectivity index (χ4n) is 1.22. The molecule has 0 fully saturated rings. The first-order valence-corrected chi connectivity index (χ1v) is 7.69. The molecule has 0 aliphatic carbocycles. The van der Waals surface area contributed by atoms with Crippen LogP contribution < -0.4 is 0 Å². The van der Waals surface area contributed by atoms with E-state index in [1.807, 2.05) is 0 Å². The zero-order chi connectivity index (χ0) is 15.0. The Morgan fingerprint density at radius 3 is 0.700 bits per heavy atom. The predicted molar refractivity (Wildman–Crippen MR) is 91.9 cm³/mol. The molecule has 1 nitrogen and oxygen atoms in total. The molecule has 0 spiro atoms. The summed E-state index contributed by atoms with van der Waals surface area (Å²) >= 11 is 0. The van der Waals surface area contributed by atoms with Gasteiger partial charge in [-0.2, -0.15) is 19.3 Å². The first-order chi connectivity index (χ1) is 8.31. The van der Waals surface area contributed by atoms with Gasteiger partial charge in [0.15, 0.2) is 0 Å². The summed E-state index contributed by atoms with van der Waals surface area (Å²) in [6.07, 6.45) is 7.03. The Morgan fingerprint density at radius 1 is 0.550 bits per heavy atom. The van der Waals surface area contributed by atoms with Crippen LogP contribution in [0.4, 0.5) is 0 Å². The fourth-order valence-corrected chi connectivity index (χ4v) is 1.22. The maximum atomic E-state index is 3.73. The average molecular weight is 321 g/mol. The Labute approximate surface area is 145 Å². The molecule has 0 bridgehead atoms. The SMILES string of the molecule is O.[CH2-]CCC(C)C.[CH2-]CCC(C)C.[CH2-]CCC(C)C.[Ti+3]. The molecule has 0 heterocycles. The number of rotatable bonds is 6. The van der Waals surface area contributed by atoms with Gasteiger partial charge in [-0.3, -0.25) is 0 Å². The van der Waals surface area contributed by atoms with Crippen molar-refractivity contribution in [3.63, 3.8) is 0 Å². The fraction of sp³-hybridized carbons (Fsp3) is 0.833. The smallest absolute Gasteiger partial charge is 0.412 e. The van der Waals surface area contributed by atoms with Crippen LogP contribution in [0, 0.1) is 38.5 Å². The topological polar surface area (TPSA) is 31.5 Å². The van der Waals surface area contributed by atoms with Crippen molar-refractivity contribution in [3.05, 3.63) is 20.8 Å². The first kappa shape index (κ1) is 32.6. The van der Waals surface area contributed by atoms with Gasteiger partial charge in [-0.15, -0.1) is 0 Å². The van der Waals surface area contributed by atoms with Crippen molar-refractivity contribution < 1.29 is 27.2 Å². The van der Waals surface area contributed by atoms with Gasteiger partial charge >= 0.3 is 21.7 Å². The first-order valence-electron chi connectivity index (χ1n) is 7.69. The molecule has 0 saturated carbocycles. The van der Waals surface area contributed by atoms with Crippen molar-refractivity contribution in [3.8, 4) is 0 Å². The van der Waals surface area contributed by atoms with E-state index < -0.39 is 0 Å². The molecule has 0 saturated heterocycles. The quantitative estimate of drug-likeness (QED) is 0.428. The van der Waals surface area contributed by atoms with Crippen LogP contribution in [0.15, 0.2) is 0 Å². The van der Waals surface area contributed by atoms with Crippen LogP contribution in [0.3, 0.4) is 0 Å². The Morgan fingerprint density at radius 2 is 0.700 bits per heavy atom. The van der Waals surface area contributed by atoms with Gasteiger partial charge in [0.1, 0.15) is 0 Å². The summed E-state index contributed by atoms with van der Waals surface area (Å²) < 4.78 is 0. The molecule has 0 amide bonds. The second kappa shape index (κ2) is 27.9. The van der Waals surface area contributed by atoms with E-state index in [9.17, 15) is 0 Å². The third-order valence-corrected chi connectivity index (χ3v) is 2.34. The minimum Gasteiger partial charge on any atom is -0.412 e. The van der Waals surface area contributed by atoms with E-state index in [1.54, 1.807) is 0 Å². The van der Waals surface area contributed by atoms with E-state index in [4.69, 9.17) is 0 Å². The molecule has 0 aromatic heterocycles. The Kier molecular flexibility index (Phi) is 45.5. The number of hydrogen-bond donors (Lipinski definition) is 0. The summed E-state index contributed by atoms with van der Waals surface area (Å²) in [5.74, 6) is 2.51. The molecule has 20 heavy (non-hydrogen) atoms. The summed E-state index contributed by atoms with van der Waals surface area (Å²) in [4.78, 5) is 0. The molecule has 123 valence electrons. The van der Waals surface area contributed by atoms with Crippen LogP contribution in [0.5, 0.6) is 0 Å². The molecule has 2 heteroatoms. The summed E-state index contributed by atoms with van der Waals surface area (Å²) in [7, 11) is 0. The van der Waals surface area contributed by atoms with Crippen molar-refractivity contribution in [2.24, 2.45) is 17.8 Å². The van der Waals surface area contributed by atoms with E-state index in [0.717, 1.165) is 37.0 Å². The molecule has 0 unspecified atom stereocenters. The van der Waals surface area contributed by atoms with Gasteiger partial charge in [-0.1, -0.05) is 60.8 Å². The second-order valence-corrected chi connectivity index (χ2v) is 6.11. The van der Waals surface area contributed by atoms with Gasteiger partial charge in [0.05, 0.1) is 0 Å². The van der Waals surface area contributed by atoms with Gasteiger partial charge < -0.3 is 26.2 Å². The Hall–Kier alpha value is 0.674. The number of hydrogen-bond acceptors (Lipinski definition) is 0. The standard InChI is InChI=1S/3C6H13.H2O.Ti/c3*1-4-5-6(2)3;;/h3*6H,1,4-5H2,2-3H3;1H2;/q3*-1;;+3. The Balaban J connectivity index is -0.0000000536. The molecular weight excluding hydrogens is 280 g/mol. The van der Waals surface area contributed by atoms with E-state index in [2.05, 4.69) is 62.3 Å². The van der Waals surface area contributed by atoms with Gasteiger partial charge in [0, 0.05) is 0 Å². The van der Waals surface area contributed by atoms with Crippen LogP contribution in [-0.2, 0) is 21.7 Å². The largest absolute Gasteiger partial charge is 3.00 e. The van der Waals surface area contributed by atoms with Gasteiger partial charge in [-0.05, 0) is 17.8 Å². The zero-order valence-electron chi connectivity index (χ0n) is 15.1. The molecule has 2 N–H and O–H groups in total. The monoisotopic (exact) mass is 321 g/mol. The Bertz CT molecular complexity index is 98.8. The summed E-state index contributed by atoms with van der Waals surface area (Å²) in [6, 6.07) is 0. The van der Waals surface area contributed by atoms with Crippen LogP contribution in [0.25, 0.3) is 0 Å². The van der Waals surface area contributed by atoms with E-state index in [0.29, 0.717) is 0 Å². The zero-order valence-corrected chi connectivity index (χ0v) is 16.7. The molecule has 0 rings (SSSR count). The summed E-state index contributed by atoms with van der Waals surface area (Å²) in [5.41, 5.74) is 0. The second-order valence-electron chi connectivity index (χ2n) is 6.11. The van der Waals surface area contributed by atoms with Crippen LogP contribution in [0.2, 0.25) is 0 Å². The van der Waals surface area contributed by atoms with Crippen molar-refractivity contribution in [2.75, 3.05) is 0 Å². The minimum absolute atomic E-state index is 0. The third kappa shape index (κ3) is 62.3. The van der Waals surface area contributed by atoms with E-state index >= 15 is 0 Å². The predicted octanol–water partition coefficient (Wildman–Crippen LogP) is 5.94. The summed E-state index contributed by atoms with van der Waals surface area (Å²) in [6.45, 7) is 24.5. The normalized spacial score (nSPS) is 9.00. The molecule has 0 aliphatic heterocycles. The van der Waals surface area contributed by atoms with Gasteiger partial charge in [0.2, 0.25) is 0 Å². The van der Waals surface area contributed by atoms with Crippen molar-refractivity contribution in [1.82, 2.24) is 0 Å². The molecular formula is C18H41OTi. The maximum absolute atomic E-state index is 3.73. The molecule has 0 atom stereocenters. The maximum Gasteiger partial charge on any atom is 3.00 e. The molecule has 0 aliphatic rings. The third-order valence-electron chi connectivity index (χ3n) is 2.34. The van der Waals surface area contributed by atoms with E-state index in [-0.39, 0.29) is 27.2 Å². The average Bonchev–Trinajstić information content (AvgIpc) is 2.18. The molecule has 0 aromatic carbocycles. The van der Waals surface area contributed by atoms with Crippen LogP contribution in [0.1, 0.15) is 80.1 Å².